The van der Waals surface area contributed by atoms with Gasteiger partial charge in [-0.1, -0.05) is 0 Å². The maximum atomic E-state index is 12.1. The summed E-state index contributed by atoms with van der Waals surface area (Å²) in [6.07, 6.45) is -3.12. The third-order valence-electron chi connectivity index (χ3n) is 3.90. The molecule has 0 saturated carbocycles. The Morgan fingerprint density at radius 2 is 2.08 bits per heavy atom. The molecule has 3 amide bonds. The number of halogens is 3. The van der Waals surface area contributed by atoms with Crippen LogP contribution in [0.15, 0.2) is 16.8 Å². The van der Waals surface area contributed by atoms with Crippen molar-refractivity contribution in [1.82, 2.24) is 15.5 Å². The smallest absolute Gasteiger partial charge is 0.370 e. The van der Waals surface area contributed by atoms with Crippen molar-refractivity contribution in [3.63, 3.8) is 0 Å². The number of nitrogens with zero attached hydrogens (tertiary/aromatic N) is 1. The van der Waals surface area contributed by atoms with Gasteiger partial charge < -0.3 is 20.3 Å². The second-order valence-electron chi connectivity index (χ2n) is 6.23. The Morgan fingerprint density at radius 3 is 2.65 bits per heavy atom. The summed E-state index contributed by atoms with van der Waals surface area (Å²) in [7, 11) is 0. The van der Waals surface area contributed by atoms with Crippen molar-refractivity contribution in [1.29, 1.82) is 0 Å². The highest BCUT2D eigenvalue weighted by atomic mass is 32.1. The molecule has 10 heteroatoms. The predicted octanol–water partition coefficient (Wildman–Crippen LogP) is 2.62. The van der Waals surface area contributed by atoms with Crippen molar-refractivity contribution in [2.45, 2.75) is 38.0 Å². The average Bonchev–Trinajstić information content (AvgIpc) is 3.08. The van der Waals surface area contributed by atoms with Crippen LogP contribution in [0.1, 0.15) is 30.1 Å². The van der Waals surface area contributed by atoms with Crippen molar-refractivity contribution in [3.05, 3.63) is 22.4 Å². The molecule has 1 unspecified atom stereocenters. The first-order valence-electron chi connectivity index (χ1n) is 8.27. The quantitative estimate of drug-likeness (QED) is 0.781. The Labute approximate surface area is 153 Å². The predicted molar refractivity (Wildman–Crippen MR) is 91.2 cm³/mol. The van der Waals surface area contributed by atoms with Crippen molar-refractivity contribution in [3.8, 4) is 0 Å². The largest absolute Gasteiger partial charge is 0.411 e. The van der Waals surface area contributed by atoms with E-state index in [-0.39, 0.29) is 24.6 Å². The summed E-state index contributed by atoms with van der Waals surface area (Å²) in [5.41, 5.74) is 0.628. The van der Waals surface area contributed by atoms with Gasteiger partial charge in [0.1, 0.15) is 6.61 Å². The standard InChI is InChI=1S/C16H22F3N3O3S/c1-11(8-25-10-16(17,18)19)20-15(24)22-5-2-13(3-6-22)21-14(23)12-4-7-26-9-12/h4,7,9,11,13H,2-3,5-6,8,10H2,1H3,(H,20,24)(H,21,23). The van der Waals surface area contributed by atoms with Crippen LogP contribution in [0.2, 0.25) is 0 Å². The van der Waals surface area contributed by atoms with Gasteiger partial charge in [-0.2, -0.15) is 24.5 Å². The highest BCUT2D eigenvalue weighted by Crippen LogP contribution is 2.15. The number of hydrogen-bond donors (Lipinski definition) is 2. The van der Waals surface area contributed by atoms with E-state index in [1.165, 1.54) is 11.3 Å². The lowest BCUT2D eigenvalue weighted by Gasteiger charge is -2.33. The summed E-state index contributed by atoms with van der Waals surface area (Å²) in [5.74, 6) is -0.121. The zero-order valence-corrected chi connectivity index (χ0v) is 15.2. The van der Waals surface area contributed by atoms with Gasteiger partial charge in [0.15, 0.2) is 0 Å². The van der Waals surface area contributed by atoms with Gasteiger partial charge in [0.25, 0.3) is 5.91 Å². The minimum Gasteiger partial charge on any atom is -0.370 e. The summed E-state index contributed by atoms with van der Waals surface area (Å²) in [5, 5.41) is 9.18. The minimum absolute atomic E-state index is 0.000933. The molecule has 1 aliphatic rings. The normalized spacial score (nSPS) is 17.0. The molecule has 2 heterocycles. The Hall–Kier alpha value is -1.81. The third-order valence-corrected chi connectivity index (χ3v) is 4.59. The molecule has 2 rings (SSSR count). The van der Waals surface area contributed by atoms with E-state index >= 15 is 0 Å². The van der Waals surface area contributed by atoms with Gasteiger partial charge in [-0.15, -0.1) is 0 Å². The van der Waals surface area contributed by atoms with Crippen LogP contribution in [-0.4, -0.2) is 61.4 Å². The Morgan fingerprint density at radius 1 is 1.38 bits per heavy atom. The fourth-order valence-electron chi connectivity index (χ4n) is 2.58. The van der Waals surface area contributed by atoms with E-state index in [1.807, 2.05) is 5.38 Å². The number of carbonyl (C=O) groups is 2. The number of ether oxygens (including phenoxy) is 1. The van der Waals surface area contributed by atoms with E-state index < -0.39 is 18.8 Å². The molecule has 1 atom stereocenters. The molecule has 0 spiro atoms. The fourth-order valence-corrected chi connectivity index (χ4v) is 3.22. The number of alkyl halides is 3. The maximum absolute atomic E-state index is 12.1. The van der Waals surface area contributed by atoms with Gasteiger partial charge in [0.2, 0.25) is 0 Å². The van der Waals surface area contributed by atoms with Crippen LogP contribution in [0.4, 0.5) is 18.0 Å². The van der Waals surface area contributed by atoms with E-state index in [2.05, 4.69) is 15.4 Å². The number of piperidine rings is 1. The van der Waals surface area contributed by atoms with Crippen molar-refractivity contribution in [2.75, 3.05) is 26.3 Å². The van der Waals surface area contributed by atoms with Gasteiger partial charge in [0, 0.05) is 30.1 Å². The number of thiophene rings is 1. The summed E-state index contributed by atoms with van der Waals surface area (Å²) in [4.78, 5) is 25.7. The van der Waals surface area contributed by atoms with Gasteiger partial charge in [-0.05, 0) is 31.2 Å². The van der Waals surface area contributed by atoms with E-state index in [0.29, 0.717) is 31.5 Å². The first-order chi connectivity index (χ1) is 12.2. The molecule has 1 aromatic heterocycles. The minimum atomic E-state index is -4.38. The molecule has 1 aromatic rings. The Bertz CT molecular complexity index is 587. The third kappa shape index (κ3) is 6.83. The zero-order chi connectivity index (χ0) is 19.2. The van der Waals surface area contributed by atoms with E-state index in [1.54, 1.807) is 23.3 Å². The molecule has 1 aliphatic heterocycles. The van der Waals surface area contributed by atoms with E-state index in [0.717, 1.165) is 0 Å². The summed E-state index contributed by atoms with van der Waals surface area (Å²) < 4.78 is 40.6. The SMILES string of the molecule is CC(COCC(F)(F)F)NC(=O)N1CCC(NC(=O)c2ccsc2)CC1. The van der Waals surface area contributed by atoms with Crippen LogP contribution >= 0.6 is 11.3 Å². The van der Waals surface area contributed by atoms with Crippen molar-refractivity contribution in [2.24, 2.45) is 0 Å². The molecule has 26 heavy (non-hydrogen) atoms. The molecule has 0 aromatic carbocycles. The van der Waals surface area contributed by atoms with Crippen LogP contribution < -0.4 is 10.6 Å². The summed E-state index contributed by atoms with van der Waals surface area (Å²) in [6.45, 7) is 0.982. The number of rotatable bonds is 6. The molecule has 6 nitrogen and oxygen atoms in total. The Kier molecular flexibility index (Phi) is 7.27. The van der Waals surface area contributed by atoms with Crippen LogP contribution in [0.5, 0.6) is 0 Å². The van der Waals surface area contributed by atoms with Gasteiger partial charge in [-0.25, -0.2) is 4.79 Å². The monoisotopic (exact) mass is 393 g/mol. The van der Waals surface area contributed by atoms with Crippen LogP contribution in [0.3, 0.4) is 0 Å². The highest BCUT2D eigenvalue weighted by molar-refractivity contribution is 7.08. The molecule has 0 radical (unpaired) electrons. The number of nitrogens with one attached hydrogen (secondary N) is 2. The second-order valence-corrected chi connectivity index (χ2v) is 7.01. The number of amides is 3. The van der Waals surface area contributed by atoms with E-state index in [4.69, 9.17) is 0 Å². The van der Waals surface area contributed by atoms with E-state index in [9.17, 15) is 22.8 Å². The molecule has 1 saturated heterocycles. The van der Waals surface area contributed by atoms with Crippen molar-refractivity contribution >= 4 is 23.3 Å². The molecular weight excluding hydrogens is 371 g/mol. The summed E-state index contributed by atoms with van der Waals surface area (Å²) in [6, 6.07) is 0.890. The van der Waals surface area contributed by atoms with Gasteiger partial charge in [0.05, 0.1) is 12.6 Å². The Balaban J connectivity index is 1.66. The number of likely N-dealkylation sites (tertiary alicyclic amines) is 1. The van der Waals surface area contributed by atoms with Crippen molar-refractivity contribution < 1.29 is 27.5 Å². The molecular formula is C16H22F3N3O3S. The van der Waals surface area contributed by atoms with Gasteiger partial charge in [-0.3, -0.25) is 4.79 Å². The maximum Gasteiger partial charge on any atom is 0.411 e. The average molecular weight is 393 g/mol. The number of urea groups is 1. The van der Waals surface area contributed by atoms with Crippen LogP contribution in [0, 0.1) is 0 Å². The summed E-state index contributed by atoms with van der Waals surface area (Å²) >= 11 is 1.45. The van der Waals surface area contributed by atoms with Gasteiger partial charge >= 0.3 is 12.2 Å². The highest BCUT2D eigenvalue weighted by Gasteiger charge is 2.28. The second kappa shape index (κ2) is 9.22. The van der Waals surface area contributed by atoms with Crippen LogP contribution in [0.25, 0.3) is 0 Å². The molecule has 2 N–H and O–H groups in total. The lowest BCUT2D eigenvalue weighted by atomic mass is 10.0. The molecule has 0 bridgehead atoms. The number of carbonyl (C=O) groups excluding carboxylic acids is 2. The fraction of sp³-hybridized carbons (Fsp3) is 0.625. The lowest BCUT2D eigenvalue weighted by Crippen LogP contribution is -2.51. The molecule has 146 valence electrons. The first-order valence-corrected chi connectivity index (χ1v) is 9.22. The first kappa shape index (κ1) is 20.5. The molecule has 1 fully saturated rings. The molecule has 0 aliphatic carbocycles. The number of hydrogen-bond acceptors (Lipinski definition) is 4. The lowest BCUT2D eigenvalue weighted by molar-refractivity contribution is -0.174. The topological polar surface area (TPSA) is 70.7 Å². The van der Waals surface area contributed by atoms with Crippen LogP contribution in [-0.2, 0) is 4.74 Å². The zero-order valence-electron chi connectivity index (χ0n) is 14.3.